The van der Waals surface area contributed by atoms with E-state index in [1.807, 2.05) is 50.2 Å². The van der Waals surface area contributed by atoms with E-state index in [2.05, 4.69) is 5.32 Å². The van der Waals surface area contributed by atoms with Crippen molar-refractivity contribution < 1.29 is 4.79 Å². The summed E-state index contributed by atoms with van der Waals surface area (Å²) in [5.41, 5.74) is 3.62. The normalized spacial score (nSPS) is 10.9. The van der Waals surface area contributed by atoms with Crippen LogP contribution in [0.3, 0.4) is 0 Å². The van der Waals surface area contributed by atoms with Crippen molar-refractivity contribution in [3.63, 3.8) is 0 Å². The number of carbonyl (C=O) groups is 1. The quantitative estimate of drug-likeness (QED) is 0.427. The van der Waals surface area contributed by atoms with Gasteiger partial charge in [-0.05, 0) is 43.2 Å². The van der Waals surface area contributed by atoms with E-state index in [4.69, 9.17) is 4.98 Å². The van der Waals surface area contributed by atoms with Gasteiger partial charge in [0.1, 0.15) is 0 Å². The van der Waals surface area contributed by atoms with Crippen LogP contribution in [0.15, 0.2) is 52.4 Å². The number of para-hydroxylation sites is 1. The maximum Gasteiger partial charge on any atom is 0.266 e. The highest BCUT2D eigenvalue weighted by Gasteiger charge is 2.15. The first-order valence-corrected chi connectivity index (χ1v) is 9.43. The van der Waals surface area contributed by atoms with Crippen LogP contribution in [-0.4, -0.2) is 27.8 Å². The third-order valence-corrected chi connectivity index (χ3v) is 5.21. The molecule has 134 valence electrons. The number of aryl methyl sites for hydroxylation is 1. The highest BCUT2D eigenvalue weighted by molar-refractivity contribution is 7.99. The van der Waals surface area contributed by atoms with Gasteiger partial charge in [-0.1, -0.05) is 36.0 Å². The SMILES string of the molecule is CC(=O)NCCSc1nc2ccccc2c(=O)n1-c1cccc(C)c1C. The summed E-state index contributed by atoms with van der Waals surface area (Å²) < 4.78 is 1.68. The number of fused-ring (bicyclic) bond motifs is 1. The van der Waals surface area contributed by atoms with E-state index in [-0.39, 0.29) is 11.5 Å². The van der Waals surface area contributed by atoms with Gasteiger partial charge in [-0.15, -0.1) is 0 Å². The zero-order valence-electron chi connectivity index (χ0n) is 15.1. The topological polar surface area (TPSA) is 64.0 Å². The van der Waals surface area contributed by atoms with E-state index in [1.165, 1.54) is 18.7 Å². The van der Waals surface area contributed by atoms with Crippen molar-refractivity contribution >= 4 is 28.6 Å². The second kappa shape index (κ2) is 7.74. The molecule has 6 heteroatoms. The maximum absolute atomic E-state index is 13.2. The number of carbonyl (C=O) groups excluding carboxylic acids is 1. The summed E-state index contributed by atoms with van der Waals surface area (Å²) in [4.78, 5) is 29.0. The molecule has 0 spiro atoms. The Bertz CT molecular complexity index is 1030. The minimum Gasteiger partial charge on any atom is -0.356 e. The number of thioether (sulfide) groups is 1. The highest BCUT2D eigenvalue weighted by Crippen LogP contribution is 2.24. The van der Waals surface area contributed by atoms with Gasteiger partial charge in [-0.25, -0.2) is 4.98 Å². The van der Waals surface area contributed by atoms with E-state index in [9.17, 15) is 9.59 Å². The smallest absolute Gasteiger partial charge is 0.266 e. The third-order valence-electron chi connectivity index (χ3n) is 4.27. The van der Waals surface area contributed by atoms with Crippen molar-refractivity contribution in [1.29, 1.82) is 0 Å². The van der Waals surface area contributed by atoms with Crippen molar-refractivity contribution in [2.45, 2.75) is 25.9 Å². The molecular weight excluding hydrogens is 346 g/mol. The zero-order valence-corrected chi connectivity index (χ0v) is 15.9. The summed E-state index contributed by atoms with van der Waals surface area (Å²) in [6.45, 7) is 6.06. The molecule has 2 aromatic carbocycles. The van der Waals surface area contributed by atoms with Gasteiger partial charge in [0.2, 0.25) is 5.91 Å². The first-order chi connectivity index (χ1) is 12.5. The summed E-state index contributed by atoms with van der Waals surface area (Å²) in [6.07, 6.45) is 0. The Morgan fingerprint density at radius 2 is 1.92 bits per heavy atom. The third kappa shape index (κ3) is 3.65. The van der Waals surface area contributed by atoms with Crippen LogP contribution in [0.25, 0.3) is 16.6 Å². The number of hydrogen-bond donors (Lipinski definition) is 1. The molecule has 0 saturated heterocycles. The van der Waals surface area contributed by atoms with E-state index >= 15 is 0 Å². The average Bonchev–Trinajstić information content (AvgIpc) is 2.62. The Labute approximate surface area is 156 Å². The lowest BCUT2D eigenvalue weighted by molar-refractivity contribution is -0.118. The lowest BCUT2D eigenvalue weighted by Crippen LogP contribution is -2.25. The Balaban J connectivity index is 2.13. The molecule has 1 aromatic heterocycles. The zero-order chi connectivity index (χ0) is 18.7. The van der Waals surface area contributed by atoms with Crippen LogP contribution < -0.4 is 10.9 Å². The molecule has 0 fully saturated rings. The molecule has 1 heterocycles. The molecule has 1 amide bonds. The van der Waals surface area contributed by atoms with E-state index in [0.717, 1.165) is 16.8 Å². The van der Waals surface area contributed by atoms with Crippen LogP contribution in [-0.2, 0) is 4.79 Å². The number of nitrogens with one attached hydrogen (secondary N) is 1. The van der Waals surface area contributed by atoms with E-state index in [1.54, 1.807) is 10.6 Å². The molecule has 26 heavy (non-hydrogen) atoms. The predicted molar refractivity (Wildman–Crippen MR) is 106 cm³/mol. The van der Waals surface area contributed by atoms with Gasteiger partial charge < -0.3 is 5.32 Å². The predicted octanol–water partition coefficient (Wildman–Crippen LogP) is 3.23. The molecule has 0 bridgehead atoms. The van der Waals surface area contributed by atoms with Crippen molar-refractivity contribution in [2.75, 3.05) is 12.3 Å². The fraction of sp³-hybridized carbons (Fsp3) is 0.250. The molecule has 0 radical (unpaired) electrons. The fourth-order valence-corrected chi connectivity index (χ4v) is 3.63. The molecule has 3 aromatic rings. The summed E-state index contributed by atoms with van der Waals surface area (Å²) in [5.74, 6) is 0.568. The van der Waals surface area contributed by atoms with Gasteiger partial charge in [0, 0.05) is 19.2 Å². The van der Waals surface area contributed by atoms with E-state index in [0.29, 0.717) is 28.4 Å². The Morgan fingerprint density at radius 1 is 1.15 bits per heavy atom. The molecule has 0 aliphatic carbocycles. The Hall–Kier alpha value is -2.60. The lowest BCUT2D eigenvalue weighted by Gasteiger charge is -2.16. The van der Waals surface area contributed by atoms with Crippen LogP contribution in [0.1, 0.15) is 18.1 Å². The van der Waals surface area contributed by atoms with Gasteiger partial charge in [0.25, 0.3) is 5.56 Å². The largest absolute Gasteiger partial charge is 0.356 e. The van der Waals surface area contributed by atoms with Crippen molar-refractivity contribution in [3.05, 3.63) is 63.9 Å². The van der Waals surface area contributed by atoms with Gasteiger partial charge in [0.05, 0.1) is 16.6 Å². The van der Waals surface area contributed by atoms with Crippen LogP contribution in [0, 0.1) is 13.8 Å². The number of nitrogens with zero attached hydrogens (tertiary/aromatic N) is 2. The highest BCUT2D eigenvalue weighted by atomic mass is 32.2. The molecule has 5 nitrogen and oxygen atoms in total. The Morgan fingerprint density at radius 3 is 2.69 bits per heavy atom. The van der Waals surface area contributed by atoms with Gasteiger partial charge in [-0.3, -0.25) is 14.2 Å². The standard InChI is InChI=1S/C20H21N3O2S/c1-13-7-6-10-18(14(13)2)23-19(25)16-8-4-5-9-17(16)22-20(23)26-12-11-21-15(3)24/h4-10H,11-12H2,1-3H3,(H,21,24). The summed E-state index contributed by atoms with van der Waals surface area (Å²) in [5, 5.41) is 4.00. The van der Waals surface area contributed by atoms with Gasteiger partial charge in [-0.2, -0.15) is 0 Å². The van der Waals surface area contributed by atoms with Crippen LogP contribution in [0.4, 0.5) is 0 Å². The van der Waals surface area contributed by atoms with E-state index < -0.39 is 0 Å². The van der Waals surface area contributed by atoms with Crippen LogP contribution >= 0.6 is 11.8 Å². The number of rotatable bonds is 5. The maximum atomic E-state index is 13.2. The van der Waals surface area contributed by atoms with Gasteiger partial charge >= 0.3 is 0 Å². The molecule has 0 aliphatic heterocycles. The number of amides is 1. The lowest BCUT2D eigenvalue weighted by atomic mass is 10.1. The molecular formula is C20H21N3O2S. The first kappa shape index (κ1) is 18.2. The minimum absolute atomic E-state index is 0.0658. The number of benzene rings is 2. The van der Waals surface area contributed by atoms with Gasteiger partial charge in [0.15, 0.2) is 5.16 Å². The molecule has 0 aliphatic rings. The molecule has 0 saturated carbocycles. The number of aromatic nitrogens is 2. The first-order valence-electron chi connectivity index (χ1n) is 8.44. The summed E-state index contributed by atoms with van der Waals surface area (Å²) in [7, 11) is 0. The number of hydrogen-bond acceptors (Lipinski definition) is 4. The van der Waals surface area contributed by atoms with Crippen LogP contribution in [0.2, 0.25) is 0 Å². The second-order valence-electron chi connectivity index (χ2n) is 6.10. The second-order valence-corrected chi connectivity index (χ2v) is 7.16. The molecule has 3 rings (SSSR count). The average molecular weight is 367 g/mol. The fourth-order valence-electron chi connectivity index (χ4n) is 2.77. The Kier molecular flexibility index (Phi) is 5.42. The monoisotopic (exact) mass is 367 g/mol. The van der Waals surface area contributed by atoms with Crippen molar-refractivity contribution in [2.24, 2.45) is 0 Å². The molecule has 0 unspecified atom stereocenters. The van der Waals surface area contributed by atoms with Crippen LogP contribution in [0.5, 0.6) is 0 Å². The molecule has 1 N–H and O–H groups in total. The summed E-state index contributed by atoms with van der Waals surface area (Å²) >= 11 is 1.46. The van der Waals surface area contributed by atoms with Crippen molar-refractivity contribution in [3.8, 4) is 5.69 Å². The molecule has 0 atom stereocenters. The summed E-state index contributed by atoms with van der Waals surface area (Å²) in [6, 6.07) is 13.3. The van der Waals surface area contributed by atoms with Crippen molar-refractivity contribution in [1.82, 2.24) is 14.9 Å². The minimum atomic E-state index is -0.0775.